The largest absolute Gasteiger partial charge is 0.306 e. The molecule has 0 radical (unpaired) electrons. The zero-order valence-corrected chi connectivity index (χ0v) is 9.57. The molecule has 0 aliphatic heterocycles. The van der Waals surface area contributed by atoms with Crippen molar-refractivity contribution in [3.05, 3.63) is 47.5 Å². The Labute approximate surface area is 95.1 Å². The zero-order valence-electron chi connectivity index (χ0n) is 9.57. The van der Waals surface area contributed by atoms with Crippen LogP contribution in [0.15, 0.2) is 30.9 Å². The van der Waals surface area contributed by atoms with Gasteiger partial charge in [0.15, 0.2) is 0 Å². The number of nitrogens with zero attached hydrogens (tertiary/aromatic N) is 2. The lowest BCUT2D eigenvalue weighted by Gasteiger charge is -2.12. The van der Waals surface area contributed by atoms with Gasteiger partial charge >= 0.3 is 0 Å². The van der Waals surface area contributed by atoms with E-state index in [4.69, 9.17) is 0 Å². The van der Waals surface area contributed by atoms with E-state index in [1.807, 2.05) is 30.9 Å². The molecule has 0 fully saturated rings. The summed E-state index contributed by atoms with van der Waals surface area (Å²) < 4.78 is 0. The maximum absolute atomic E-state index is 4.13. The Morgan fingerprint density at radius 2 is 2.31 bits per heavy atom. The first-order valence-electron chi connectivity index (χ1n) is 5.39. The number of rotatable bonds is 4. The number of aryl methyl sites for hydroxylation is 1. The van der Waals surface area contributed by atoms with Gasteiger partial charge in [0.2, 0.25) is 0 Å². The quantitative estimate of drug-likeness (QED) is 0.821. The summed E-state index contributed by atoms with van der Waals surface area (Å²) in [7, 11) is 0. The zero-order chi connectivity index (χ0) is 11.4. The number of hydrogen-bond acceptors (Lipinski definition) is 3. The maximum atomic E-state index is 4.13. The molecule has 0 aliphatic carbocycles. The van der Waals surface area contributed by atoms with Gasteiger partial charge in [-0.3, -0.25) is 10.1 Å². The standard InChI is InChI=1S/C12H16N4/c1-9-3-4-13-5-11(9)6-14-10(2)12-7-15-16-8-12/h3-5,7-8,10,14H,6H2,1-2H3,(H,15,16). The van der Waals surface area contributed by atoms with Gasteiger partial charge in [0.05, 0.1) is 6.20 Å². The summed E-state index contributed by atoms with van der Waals surface area (Å²) in [5.74, 6) is 0. The summed E-state index contributed by atoms with van der Waals surface area (Å²) in [5, 5.41) is 10.2. The van der Waals surface area contributed by atoms with E-state index in [0.29, 0.717) is 6.04 Å². The Kier molecular flexibility index (Phi) is 3.31. The fourth-order valence-corrected chi connectivity index (χ4v) is 1.56. The van der Waals surface area contributed by atoms with Crippen LogP contribution in [0.5, 0.6) is 0 Å². The van der Waals surface area contributed by atoms with Crippen molar-refractivity contribution in [2.75, 3.05) is 0 Å². The van der Waals surface area contributed by atoms with Crippen LogP contribution in [-0.2, 0) is 6.54 Å². The molecule has 0 bridgehead atoms. The predicted octanol–water partition coefficient (Wildman–Crippen LogP) is 1.96. The lowest BCUT2D eigenvalue weighted by molar-refractivity contribution is 0.573. The summed E-state index contributed by atoms with van der Waals surface area (Å²) in [6.07, 6.45) is 7.48. The van der Waals surface area contributed by atoms with Crippen LogP contribution in [0.2, 0.25) is 0 Å². The first-order chi connectivity index (χ1) is 7.77. The molecule has 4 heteroatoms. The topological polar surface area (TPSA) is 53.6 Å². The van der Waals surface area contributed by atoms with E-state index in [2.05, 4.69) is 34.3 Å². The minimum atomic E-state index is 0.290. The van der Waals surface area contributed by atoms with E-state index >= 15 is 0 Å². The summed E-state index contributed by atoms with van der Waals surface area (Å²) in [6, 6.07) is 2.32. The van der Waals surface area contributed by atoms with Crippen LogP contribution in [0.4, 0.5) is 0 Å². The highest BCUT2D eigenvalue weighted by Crippen LogP contribution is 2.11. The minimum Gasteiger partial charge on any atom is -0.306 e. The number of aromatic amines is 1. The summed E-state index contributed by atoms with van der Waals surface area (Å²) >= 11 is 0. The van der Waals surface area contributed by atoms with Crippen molar-refractivity contribution >= 4 is 0 Å². The number of pyridine rings is 1. The smallest absolute Gasteiger partial charge is 0.0534 e. The van der Waals surface area contributed by atoms with Gasteiger partial charge in [0.1, 0.15) is 0 Å². The highest BCUT2D eigenvalue weighted by atomic mass is 15.1. The Bertz CT molecular complexity index is 436. The van der Waals surface area contributed by atoms with Gasteiger partial charge < -0.3 is 5.32 Å². The molecule has 0 spiro atoms. The molecule has 2 aromatic heterocycles. The second-order valence-corrected chi connectivity index (χ2v) is 3.94. The Morgan fingerprint density at radius 1 is 1.44 bits per heavy atom. The first-order valence-corrected chi connectivity index (χ1v) is 5.39. The normalized spacial score (nSPS) is 12.6. The van der Waals surface area contributed by atoms with E-state index in [0.717, 1.165) is 6.54 Å². The molecule has 16 heavy (non-hydrogen) atoms. The summed E-state index contributed by atoms with van der Waals surface area (Å²) in [5.41, 5.74) is 3.67. The predicted molar refractivity (Wildman–Crippen MR) is 62.8 cm³/mol. The molecule has 2 heterocycles. The molecule has 0 amide bonds. The highest BCUT2D eigenvalue weighted by molar-refractivity contribution is 5.21. The third kappa shape index (κ3) is 2.46. The monoisotopic (exact) mass is 216 g/mol. The molecule has 2 N–H and O–H groups in total. The fourth-order valence-electron chi connectivity index (χ4n) is 1.56. The summed E-state index contributed by atoms with van der Waals surface area (Å²) in [6.45, 7) is 5.05. The average molecular weight is 216 g/mol. The molecule has 1 unspecified atom stereocenters. The van der Waals surface area contributed by atoms with Crippen molar-refractivity contribution in [3.8, 4) is 0 Å². The molecule has 84 valence electrons. The summed E-state index contributed by atoms with van der Waals surface area (Å²) in [4.78, 5) is 4.13. The lowest BCUT2D eigenvalue weighted by atomic mass is 10.1. The van der Waals surface area contributed by atoms with Crippen molar-refractivity contribution in [1.82, 2.24) is 20.5 Å². The number of nitrogens with one attached hydrogen (secondary N) is 2. The van der Waals surface area contributed by atoms with Crippen LogP contribution in [0.1, 0.15) is 29.7 Å². The Morgan fingerprint density at radius 3 is 3.00 bits per heavy atom. The van der Waals surface area contributed by atoms with Crippen molar-refractivity contribution < 1.29 is 0 Å². The molecule has 2 aromatic rings. The number of H-pyrrole nitrogens is 1. The molecule has 1 atom stereocenters. The van der Waals surface area contributed by atoms with Crippen molar-refractivity contribution in [2.45, 2.75) is 26.4 Å². The molecule has 2 rings (SSSR count). The molecule has 4 nitrogen and oxygen atoms in total. The molecular weight excluding hydrogens is 200 g/mol. The SMILES string of the molecule is Cc1ccncc1CNC(C)c1cn[nH]c1. The third-order valence-corrected chi connectivity index (χ3v) is 2.77. The van der Waals surface area contributed by atoms with Crippen LogP contribution in [0, 0.1) is 6.92 Å². The molecule has 0 saturated carbocycles. The second-order valence-electron chi connectivity index (χ2n) is 3.94. The van der Waals surface area contributed by atoms with Crippen molar-refractivity contribution in [2.24, 2.45) is 0 Å². The van der Waals surface area contributed by atoms with E-state index < -0.39 is 0 Å². The fraction of sp³-hybridized carbons (Fsp3) is 0.333. The molecule has 0 saturated heterocycles. The van der Waals surface area contributed by atoms with Crippen LogP contribution < -0.4 is 5.32 Å². The van der Waals surface area contributed by atoms with E-state index in [1.165, 1.54) is 16.7 Å². The number of hydrogen-bond donors (Lipinski definition) is 2. The van der Waals surface area contributed by atoms with Crippen LogP contribution in [-0.4, -0.2) is 15.2 Å². The molecule has 0 aromatic carbocycles. The second kappa shape index (κ2) is 4.90. The van der Waals surface area contributed by atoms with Crippen LogP contribution in [0.25, 0.3) is 0 Å². The Balaban J connectivity index is 1.95. The van der Waals surface area contributed by atoms with Gasteiger partial charge in [0.25, 0.3) is 0 Å². The van der Waals surface area contributed by atoms with Gasteiger partial charge in [0, 0.05) is 36.7 Å². The minimum absolute atomic E-state index is 0.290. The molecule has 0 aliphatic rings. The third-order valence-electron chi connectivity index (χ3n) is 2.77. The van der Waals surface area contributed by atoms with Crippen molar-refractivity contribution in [1.29, 1.82) is 0 Å². The van der Waals surface area contributed by atoms with Crippen LogP contribution >= 0.6 is 0 Å². The maximum Gasteiger partial charge on any atom is 0.0534 e. The van der Waals surface area contributed by atoms with Gasteiger partial charge in [-0.25, -0.2) is 0 Å². The van der Waals surface area contributed by atoms with Gasteiger partial charge in [-0.05, 0) is 31.0 Å². The Hall–Kier alpha value is -1.68. The van der Waals surface area contributed by atoms with E-state index in [9.17, 15) is 0 Å². The van der Waals surface area contributed by atoms with Gasteiger partial charge in [-0.1, -0.05) is 0 Å². The molecular formula is C12H16N4. The average Bonchev–Trinajstić information content (AvgIpc) is 2.81. The van der Waals surface area contributed by atoms with Crippen molar-refractivity contribution in [3.63, 3.8) is 0 Å². The van der Waals surface area contributed by atoms with E-state index in [-0.39, 0.29) is 0 Å². The van der Waals surface area contributed by atoms with Crippen LogP contribution in [0.3, 0.4) is 0 Å². The van der Waals surface area contributed by atoms with Gasteiger partial charge in [-0.2, -0.15) is 5.10 Å². The highest BCUT2D eigenvalue weighted by Gasteiger charge is 2.06. The first kappa shape index (κ1) is 10.8. The van der Waals surface area contributed by atoms with Gasteiger partial charge in [-0.15, -0.1) is 0 Å². The van der Waals surface area contributed by atoms with E-state index in [1.54, 1.807) is 0 Å². The number of aromatic nitrogens is 3. The lowest BCUT2D eigenvalue weighted by Crippen LogP contribution is -2.18.